The lowest BCUT2D eigenvalue weighted by Gasteiger charge is -2.18. The largest absolute Gasteiger partial charge is 0.496 e. The number of hydrogen-bond acceptors (Lipinski definition) is 2. The molecule has 84 valence electrons. The van der Waals surface area contributed by atoms with E-state index in [-0.39, 0.29) is 11.3 Å². The standard InChI is InChI=1S/C10H11F3O2/c1-6-4-3-5-7(8(6)15-2)9(14)10(11,12)13/h3-5,9,14H,1-2H3. The number of benzene rings is 1. The Hall–Kier alpha value is -1.23. The summed E-state index contributed by atoms with van der Waals surface area (Å²) in [5.74, 6) is 0.0716. The topological polar surface area (TPSA) is 29.5 Å². The van der Waals surface area contributed by atoms with E-state index in [2.05, 4.69) is 0 Å². The highest BCUT2D eigenvalue weighted by Gasteiger charge is 2.41. The molecule has 0 bridgehead atoms. The monoisotopic (exact) mass is 220 g/mol. The van der Waals surface area contributed by atoms with E-state index in [1.165, 1.54) is 19.2 Å². The number of ether oxygens (including phenoxy) is 1. The van der Waals surface area contributed by atoms with E-state index in [0.29, 0.717) is 5.56 Å². The van der Waals surface area contributed by atoms with Crippen LogP contribution in [0.15, 0.2) is 18.2 Å². The van der Waals surface area contributed by atoms with Crippen molar-refractivity contribution in [3.63, 3.8) is 0 Å². The quantitative estimate of drug-likeness (QED) is 0.830. The molecule has 1 rings (SSSR count). The molecule has 0 fully saturated rings. The van der Waals surface area contributed by atoms with Crippen molar-refractivity contribution < 1.29 is 23.0 Å². The molecule has 15 heavy (non-hydrogen) atoms. The Morgan fingerprint density at radius 3 is 2.40 bits per heavy atom. The molecule has 0 aliphatic rings. The molecule has 2 nitrogen and oxygen atoms in total. The van der Waals surface area contributed by atoms with Gasteiger partial charge in [-0.15, -0.1) is 0 Å². The molecule has 1 atom stereocenters. The molecule has 0 amide bonds. The maximum absolute atomic E-state index is 12.3. The second-order valence-electron chi connectivity index (χ2n) is 3.14. The summed E-state index contributed by atoms with van der Waals surface area (Å²) in [5.41, 5.74) is 0.295. The Morgan fingerprint density at radius 1 is 1.33 bits per heavy atom. The van der Waals surface area contributed by atoms with E-state index in [9.17, 15) is 13.2 Å². The number of halogens is 3. The van der Waals surface area contributed by atoms with Crippen LogP contribution in [0.25, 0.3) is 0 Å². The number of aliphatic hydroxyl groups excluding tert-OH is 1. The zero-order chi connectivity index (χ0) is 11.6. The second kappa shape index (κ2) is 4.10. The fraction of sp³-hybridized carbons (Fsp3) is 0.400. The average Bonchev–Trinajstić information content (AvgIpc) is 2.14. The lowest BCUT2D eigenvalue weighted by Crippen LogP contribution is -2.21. The molecule has 0 saturated carbocycles. The number of alkyl halides is 3. The van der Waals surface area contributed by atoms with Crippen molar-refractivity contribution in [1.29, 1.82) is 0 Å². The van der Waals surface area contributed by atoms with E-state index in [1.54, 1.807) is 13.0 Å². The first kappa shape index (κ1) is 11.8. The molecule has 0 aromatic heterocycles. The summed E-state index contributed by atoms with van der Waals surface area (Å²) in [6, 6.07) is 4.26. The Balaban J connectivity index is 3.20. The van der Waals surface area contributed by atoms with Gasteiger partial charge in [-0.1, -0.05) is 18.2 Å². The third-order valence-corrected chi connectivity index (χ3v) is 2.05. The smallest absolute Gasteiger partial charge is 0.418 e. The molecule has 0 spiro atoms. The molecule has 0 heterocycles. The normalized spacial score (nSPS) is 13.7. The first-order valence-corrected chi connectivity index (χ1v) is 4.26. The Kier molecular flexibility index (Phi) is 3.24. The van der Waals surface area contributed by atoms with Crippen LogP contribution in [0.1, 0.15) is 17.2 Å². The Labute approximate surface area is 85.3 Å². The molecule has 0 saturated heterocycles. The van der Waals surface area contributed by atoms with Gasteiger partial charge in [0.15, 0.2) is 6.10 Å². The third-order valence-electron chi connectivity index (χ3n) is 2.05. The maximum atomic E-state index is 12.3. The van der Waals surface area contributed by atoms with Crippen molar-refractivity contribution in [3.8, 4) is 5.75 Å². The van der Waals surface area contributed by atoms with E-state index in [4.69, 9.17) is 9.84 Å². The van der Waals surface area contributed by atoms with Crippen LogP contribution < -0.4 is 4.74 Å². The molecule has 1 N–H and O–H groups in total. The van der Waals surface area contributed by atoms with Crippen LogP contribution in [-0.4, -0.2) is 18.4 Å². The van der Waals surface area contributed by atoms with E-state index < -0.39 is 12.3 Å². The lowest BCUT2D eigenvalue weighted by atomic mass is 10.0. The minimum atomic E-state index is -4.68. The van der Waals surface area contributed by atoms with Gasteiger partial charge < -0.3 is 9.84 Å². The number of aryl methyl sites for hydroxylation is 1. The van der Waals surface area contributed by atoms with Crippen LogP contribution in [-0.2, 0) is 0 Å². The fourth-order valence-corrected chi connectivity index (χ4v) is 1.35. The first-order chi connectivity index (χ1) is 6.88. The predicted octanol–water partition coefficient (Wildman–Crippen LogP) is 2.60. The Morgan fingerprint density at radius 2 is 1.93 bits per heavy atom. The van der Waals surface area contributed by atoms with Gasteiger partial charge in [-0.3, -0.25) is 0 Å². The summed E-state index contributed by atoms with van der Waals surface area (Å²) in [4.78, 5) is 0. The van der Waals surface area contributed by atoms with Gasteiger partial charge in [0, 0.05) is 5.56 Å². The van der Waals surface area contributed by atoms with Gasteiger partial charge >= 0.3 is 6.18 Å². The molecule has 0 aliphatic heterocycles. The molecule has 5 heteroatoms. The summed E-state index contributed by atoms with van der Waals surface area (Å²) >= 11 is 0. The highest BCUT2D eigenvalue weighted by atomic mass is 19.4. The van der Waals surface area contributed by atoms with Crippen molar-refractivity contribution >= 4 is 0 Å². The van der Waals surface area contributed by atoms with Crippen LogP contribution in [0.2, 0.25) is 0 Å². The van der Waals surface area contributed by atoms with Crippen LogP contribution in [0.4, 0.5) is 13.2 Å². The van der Waals surface area contributed by atoms with Crippen LogP contribution in [0, 0.1) is 6.92 Å². The summed E-state index contributed by atoms with van der Waals surface area (Å²) in [5, 5.41) is 9.09. The molecule has 1 aromatic rings. The zero-order valence-corrected chi connectivity index (χ0v) is 8.30. The average molecular weight is 220 g/mol. The molecular weight excluding hydrogens is 209 g/mol. The van der Waals surface area contributed by atoms with Gasteiger partial charge in [0.25, 0.3) is 0 Å². The minimum absolute atomic E-state index is 0.0716. The third kappa shape index (κ3) is 2.41. The predicted molar refractivity (Wildman–Crippen MR) is 48.7 cm³/mol. The summed E-state index contributed by atoms with van der Waals surface area (Å²) in [6.07, 6.45) is -7.19. The van der Waals surface area contributed by atoms with E-state index >= 15 is 0 Å². The van der Waals surface area contributed by atoms with Crippen molar-refractivity contribution in [1.82, 2.24) is 0 Å². The van der Waals surface area contributed by atoms with Crippen molar-refractivity contribution in [2.45, 2.75) is 19.2 Å². The summed E-state index contributed by atoms with van der Waals surface area (Å²) < 4.78 is 41.7. The molecule has 1 unspecified atom stereocenters. The number of hydrogen-bond donors (Lipinski definition) is 1. The van der Waals surface area contributed by atoms with Gasteiger partial charge in [0.2, 0.25) is 0 Å². The minimum Gasteiger partial charge on any atom is -0.496 e. The maximum Gasteiger partial charge on any atom is 0.418 e. The molecular formula is C10H11F3O2. The number of para-hydroxylation sites is 1. The van der Waals surface area contributed by atoms with Gasteiger partial charge in [-0.2, -0.15) is 13.2 Å². The van der Waals surface area contributed by atoms with Gasteiger partial charge in [0.05, 0.1) is 7.11 Å². The highest BCUT2D eigenvalue weighted by Crippen LogP contribution is 2.38. The van der Waals surface area contributed by atoms with E-state index in [0.717, 1.165) is 0 Å². The van der Waals surface area contributed by atoms with Gasteiger partial charge in [-0.25, -0.2) is 0 Å². The van der Waals surface area contributed by atoms with Crippen LogP contribution in [0.3, 0.4) is 0 Å². The molecule has 0 radical (unpaired) electrons. The SMILES string of the molecule is COc1c(C)cccc1C(O)C(F)(F)F. The number of methoxy groups -OCH3 is 1. The summed E-state index contributed by atoms with van der Waals surface area (Å²) in [7, 11) is 1.27. The van der Waals surface area contributed by atoms with Crippen LogP contribution in [0.5, 0.6) is 5.75 Å². The lowest BCUT2D eigenvalue weighted by molar-refractivity contribution is -0.207. The first-order valence-electron chi connectivity index (χ1n) is 4.26. The van der Waals surface area contributed by atoms with Gasteiger partial charge in [-0.05, 0) is 12.5 Å². The molecule has 1 aromatic carbocycles. The van der Waals surface area contributed by atoms with Crippen molar-refractivity contribution in [3.05, 3.63) is 29.3 Å². The fourth-order valence-electron chi connectivity index (χ4n) is 1.35. The number of aliphatic hydroxyl groups is 1. The van der Waals surface area contributed by atoms with E-state index in [1.807, 2.05) is 0 Å². The zero-order valence-electron chi connectivity index (χ0n) is 8.30. The number of rotatable bonds is 2. The highest BCUT2D eigenvalue weighted by molar-refractivity contribution is 5.42. The van der Waals surface area contributed by atoms with Gasteiger partial charge in [0.1, 0.15) is 5.75 Å². The van der Waals surface area contributed by atoms with Crippen molar-refractivity contribution in [2.75, 3.05) is 7.11 Å². The van der Waals surface area contributed by atoms with Crippen LogP contribution >= 0.6 is 0 Å². The summed E-state index contributed by atoms with van der Waals surface area (Å²) in [6.45, 7) is 1.62. The van der Waals surface area contributed by atoms with Crippen molar-refractivity contribution in [2.24, 2.45) is 0 Å². The second-order valence-corrected chi connectivity index (χ2v) is 3.14. The molecule has 0 aliphatic carbocycles. The Bertz CT molecular complexity index is 347.